The van der Waals surface area contributed by atoms with Crippen LogP contribution in [0.3, 0.4) is 0 Å². The normalized spacial score (nSPS) is 13.6. The predicted octanol–water partition coefficient (Wildman–Crippen LogP) is 5.69. The van der Waals surface area contributed by atoms with Crippen LogP contribution in [0, 0.1) is 12.7 Å². The molecular weight excluding hydrogens is 467 g/mol. The molecule has 0 aliphatic carbocycles. The van der Waals surface area contributed by atoms with Gasteiger partial charge in [0.15, 0.2) is 0 Å². The Labute approximate surface area is 206 Å². The van der Waals surface area contributed by atoms with E-state index in [9.17, 15) is 18.8 Å². The zero-order valence-electron chi connectivity index (χ0n) is 19.4. The average Bonchev–Trinajstić information content (AvgIpc) is 3.05. The van der Waals surface area contributed by atoms with Gasteiger partial charge in [0.1, 0.15) is 16.4 Å². The highest BCUT2D eigenvalue weighted by molar-refractivity contribution is 8.04. The van der Waals surface area contributed by atoms with E-state index in [4.69, 9.17) is 4.74 Å². The van der Waals surface area contributed by atoms with Crippen LogP contribution in [-0.2, 0) is 14.3 Å². The molecule has 0 unspecified atom stereocenters. The van der Waals surface area contributed by atoms with Gasteiger partial charge in [-0.25, -0.2) is 14.1 Å². The number of aryl methyl sites for hydroxylation is 1. The lowest BCUT2D eigenvalue weighted by Crippen LogP contribution is -2.32. The van der Waals surface area contributed by atoms with Crippen LogP contribution in [0.2, 0.25) is 0 Å². The zero-order chi connectivity index (χ0) is 25.1. The molecule has 178 valence electrons. The van der Waals surface area contributed by atoms with Crippen molar-refractivity contribution >= 4 is 40.9 Å². The van der Waals surface area contributed by atoms with E-state index in [-0.39, 0.29) is 28.1 Å². The molecule has 1 N–H and O–H groups in total. The standard InChI is InChI=1S/C27H23FN2O4S/c1-16(2)34-27(33)18-10-12-19(13-11-18)30-25(31)23(29-22-7-5-4-6-21(22)28)24(26(30)32)35-20-14-8-17(3)9-15-20/h4-16,29H,1-3H3. The summed E-state index contributed by atoms with van der Waals surface area (Å²) in [6.07, 6.45) is -0.276. The van der Waals surface area contributed by atoms with Gasteiger partial charge in [-0.15, -0.1) is 0 Å². The Morgan fingerprint density at radius 3 is 2.23 bits per heavy atom. The van der Waals surface area contributed by atoms with Crippen LogP contribution >= 0.6 is 11.8 Å². The molecule has 1 aliphatic rings. The fraction of sp³-hybridized carbons (Fsp3) is 0.148. The van der Waals surface area contributed by atoms with E-state index in [0.29, 0.717) is 5.56 Å². The zero-order valence-corrected chi connectivity index (χ0v) is 20.2. The van der Waals surface area contributed by atoms with Crippen LogP contribution in [0.15, 0.2) is 88.3 Å². The van der Waals surface area contributed by atoms with Crippen molar-refractivity contribution in [1.82, 2.24) is 0 Å². The number of nitrogens with one attached hydrogen (secondary N) is 1. The number of ether oxygens (including phenoxy) is 1. The molecular formula is C27H23FN2O4S. The first-order chi connectivity index (χ1) is 16.7. The molecule has 6 nitrogen and oxygen atoms in total. The summed E-state index contributed by atoms with van der Waals surface area (Å²) in [6.45, 7) is 5.44. The number of amides is 2. The largest absolute Gasteiger partial charge is 0.459 e. The molecule has 2 amide bonds. The predicted molar refractivity (Wildman–Crippen MR) is 134 cm³/mol. The topological polar surface area (TPSA) is 75.7 Å². The van der Waals surface area contributed by atoms with E-state index in [1.807, 2.05) is 31.2 Å². The van der Waals surface area contributed by atoms with Crippen molar-refractivity contribution in [1.29, 1.82) is 0 Å². The number of carbonyl (C=O) groups excluding carboxylic acids is 3. The number of benzene rings is 3. The van der Waals surface area contributed by atoms with Crippen molar-refractivity contribution in [3.8, 4) is 0 Å². The van der Waals surface area contributed by atoms with Crippen molar-refractivity contribution in [2.45, 2.75) is 31.8 Å². The van der Waals surface area contributed by atoms with E-state index in [1.165, 1.54) is 42.5 Å². The Kier molecular flexibility index (Phi) is 7.02. The summed E-state index contributed by atoms with van der Waals surface area (Å²) < 4.78 is 19.5. The van der Waals surface area contributed by atoms with Crippen LogP contribution in [0.1, 0.15) is 29.8 Å². The number of esters is 1. The number of hydrogen-bond acceptors (Lipinski definition) is 6. The fourth-order valence-corrected chi connectivity index (χ4v) is 4.33. The number of halogens is 1. The van der Waals surface area contributed by atoms with Crippen molar-refractivity contribution < 1.29 is 23.5 Å². The van der Waals surface area contributed by atoms with Crippen LogP contribution in [0.4, 0.5) is 15.8 Å². The maximum Gasteiger partial charge on any atom is 0.338 e. The summed E-state index contributed by atoms with van der Waals surface area (Å²) in [4.78, 5) is 40.9. The van der Waals surface area contributed by atoms with Crippen LogP contribution in [0.25, 0.3) is 0 Å². The Bertz CT molecular complexity index is 1320. The minimum absolute atomic E-state index is 0.0195. The van der Waals surface area contributed by atoms with Crippen molar-refractivity contribution in [2.75, 3.05) is 10.2 Å². The number of thioether (sulfide) groups is 1. The Morgan fingerprint density at radius 1 is 0.943 bits per heavy atom. The minimum atomic E-state index is -0.620. The molecule has 1 aliphatic heterocycles. The Morgan fingerprint density at radius 2 is 1.60 bits per heavy atom. The van der Waals surface area contributed by atoms with Crippen molar-refractivity contribution in [2.24, 2.45) is 0 Å². The van der Waals surface area contributed by atoms with E-state index in [1.54, 1.807) is 19.9 Å². The van der Waals surface area contributed by atoms with Gasteiger partial charge in [-0.3, -0.25) is 9.59 Å². The Hall–Kier alpha value is -3.91. The smallest absolute Gasteiger partial charge is 0.338 e. The second-order valence-corrected chi connectivity index (χ2v) is 9.25. The molecule has 0 atom stereocenters. The highest BCUT2D eigenvalue weighted by atomic mass is 32.2. The van der Waals surface area contributed by atoms with E-state index >= 15 is 0 Å². The molecule has 0 saturated carbocycles. The van der Waals surface area contributed by atoms with Gasteiger partial charge in [-0.2, -0.15) is 0 Å². The molecule has 1 heterocycles. The maximum absolute atomic E-state index is 14.4. The molecule has 3 aromatic carbocycles. The molecule has 8 heteroatoms. The summed E-state index contributed by atoms with van der Waals surface area (Å²) in [6, 6.07) is 19.4. The average molecular weight is 491 g/mol. The van der Waals surface area contributed by atoms with Crippen LogP contribution < -0.4 is 10.2 Å². The number of carbonyl (C=O) groups is 3. The van der Waals surface area contributed by atoms with Gasteiger partial charge in [0, 0.05) is 4.90 Å². The third-order valence-corrected chi connectivity index (χ3v) is 6.21. The Balaban J connectivity index is 1.68. The fourth-order valence-electron chi connectivity index (χ4n) is 3.40. The number of nitrogens with zero attached hydrogens (tertiary/aromatic N) is 1. The lowest BCUT2D eigenvalue weighted by molar-refractivity contribution is -0.120. The van der Waals surface area contributed by atoms with Crippen LogP contribution in [-0.4, -0.2) is 23.9 Å². The first-order valence-corrected chi connectivity index (χ1v) is 11.8. The minimum Gasteiger partial charge on any atom is -0.459 e. The molecule has 0 radical (unpaired) electrons. The summed E-state index contributed by atoms with van der Waals surface area (Å²) in [5, 5.41) is 2.82. The van der Waals surface area contributed by atoms with Gasteiger partial charge < -0.3 is 10.1 Å². The van der Waals surface area contributed by atoms with Gasteiger partial charge in [-0.05, 0) is 69.3 Å². The second-order valence-electron chi connectivity index (χ2n) is 8.17. The van der Waals surface area contributed by atoms with Gasteiger partial charge in [0.2, 0.25) is 0 Å². The highest BCUT2D eigenvalue weighted by Crippen LogP contribution is 2.38. The van der Waals surface area contributed by atoms with Crippen molar-refractivity contribution in [3.05, 3.63) is 100 Å². The van der Waals surface area contributed by atoms with Crippen molar-refractivity contribution in [3.63, 3.8) is 0 Å². The van der Waals surface area contributed by atoms with Gasteiger partial charge in [0.25, 0.3) is 11.8 Å². The molecule has 3 aromatic rings. The molecule has 0 bridgehead atoms. The highest BCUT2D eigenvalue weighted by Gasteiger charge is 2.40. The summed E-state index contributed by atoms with van der Waals surface area (Å²) in [7, 11) is 0. The molecule has 0 saturated heterocycles. The quantitative estimate of drug-likeness (QED) is 0.339. The SMILES string of the molecule is Cc1ccc(SC2=C(Nc3ccccc3F)C(=O)N(c3ccc(C(=O)OC(C)C)cc3)C2=O)cc1. The van der Waals surface area contributed by atoms with Gasteiger partial charge in [-0.1, -0.05) is 41.6 Å². The number of anilines is 2. The molecule has 4 rings (SSSR count). The van der Waals surface area contributed by atoms with E-state index < -0.39 is 23.6 Å². The number of hydrogen-bond donors (Lipinski definition) is 1. The second kappa shape index (κ2) is 10.1. The van der Waals surface area contributed by atoms with Gasteiger partial charge >= 0.3 is 5.97 Å². The van der Waals surface area contributed by atoms with E-state index in [2.05, 4.69) is 5.32 Å². The summed E-state index contributed by atoms with van der Waals surface area (Å²) in [5.41, 5.74) is 1.70. The lowest BCUT2D eigenvalue weighted by Gasteiger charge is -2.16. The van der Waals surface area contributed by atoms with E-state index in [0.717, 1.165) is 27.1 Å². The monoisotopic (exact) mass is 490 g/mol. The molecule has 0 fully saturated rings. The first-order valence-electron chi connectivity index (χ1n) is 10.9. The molecule has 0 aromatic heterocycles. The molecule has 0 spiro atoms. The lowest BCUT2D eigenvalue weighted by atomic mass is 10.2. The summed E-state index contributed by atoms with van der Waals surface area (Å²) >= 11 is 1.13. The summed E-state index contributed by atoms with van der Waals surface area (Å²) in [5.74, 6) is -2.21. The number of para-hydroxylation sites is 1. The maximum atomic E-state index is 14.4. The number of imide groups is 1. The first kappa shape index (κ1) is 24.2. The third kappa shape index (κ3) is 5.27. The van der Waals surface area contributed by atoms with Gasteiger partial charge in [0.05, 0.1) is 23.0 Å². The molecule has 35 heavy (non-hydrogen) atoms. The number of rotatable bonds is 7. The third-order valence-electron chi connectivity index (χ3n) is 5.12. The van der Waals surface area contributed by atoms with Crippen LogP contribution in [0.5, 0.6) is 0 Å².